The highest BCUT2D eigenvalue weighted by Crippen LogP contribution is 2.31. The van der Waals surface area contributed by atoms with Crippen LogP contribution in [0.3, 0.4) is 0 Å². The van der Waals surface area contributed by atoms with E-state index in [0.717, 1.165) is 33.5 Å². The summed E-state index contributed by atoms with van der Waals surface area (Å²) in [5.74, 6) is 1.42. The minimum absolute atomic E-state index is 0.466. The Morgan fingerprint density at radius 2 is 1.69 bits per heavy atom. The summed E-state index contributed by atoms with van der Waals surface area (Å²) >= 11 is 0. The van der Waals surface area contributed by atoms with Crippen LogP contribution in [-0.4, -0.2) is 50.7 Å². The lowest BCUT2D eigenvalue weighted by atomic mass is 10.1. The van der Waals surface area contributed by atoms with Gasteiger partial charge < -0.3 is 9.30 Å². The van der Waals surface area contributed by atoms with Crippen molar-refractivity contribution in [2.24, 2.45) is 0 Å². The van der Waals surface area contributed by atoms with Gasteiger partial charge in [0.15, 0.2) is 5.65 Å². The van der Waals surface area contributed by atoms with E-state index >= 15 is 0 Å². The van der Waals surface area contributed by atoms with Gasteiger partial charge in [0.25, 0.3) is 0 Å². The Morgan fingerprint density at radius 1 is 0.971 bits per heavy atom. The zero-order chi connectivity index (χ0) is 24.9. The lowest BCUT2D eigenvalue weighted by molar-refractivity contribution is 0.0543. The Morgan fingerprint density at radius 3 is 2.37 bits per heavy atom. The second kappa shape index (κ2) is 8.23. The van der Waals surface area contributed by atoms with Gasteiger partial charge >= 0.3 is 6.09 Å². The van der Waals surface area contributed by atoms with Crippen molar-refractivity contribution in [2.45, 2.75) is 53.7 Å². The van der Waals surface area contributed by atoms with Crippen molar-refractivity contribution >= 4 is 28.3 Å². The van der Waals surface area contributed by atoms with Gasteiger partial charge in [0.2, 0.25) is 0 Å². The van der Waals surface area contributed by atoms with Gasteiger partial charge in [0, 0.05) is 42.3 Å². The topological polar surface area (TPSA) is 114 Å². The fourth-order valence-corrected chi connectivity index (χ4v) is 4.02. The molecular weight excluding hydrogens is 444 g/mol. The summed E-state index contributed by atoms with van der Waals surface area (Å²) in [7, 11) is 0. The molecule has 0 aliphatic rings. The molecule has 178 valence electrons. The number of hydrogen-bond acceptors (Lipinski definition) is 8. The average Bonchev–Trinajstić information content (AvgIpc) is 3.36. The molecule has 5 rings (SSSR count). The maximum atomic E-state index is 12.7. The number of pyridine rings is 1. The Kier molecular flexibility index (Phi) is 5.31. The van der Waals surface area contributed by atoms with E-state index in [1.165, 1.54) is 10.9 Å². The smallest absolute Gasteiger partial charge is 0.420 e. The van der Waals surface area contributed by atoms with Crippen molar-refractivity contribution in [3.05, 3.63) is 48.6 Å². The van der Waals surface area contributed by atoms with Gasteiger partial charge in [-0.15, -0.1) is 0 Å². The summed E-state index contributed by atoms with van der Waals surface area (Å²) in [6, 6.07) is 1.97. The maximum Gasteiger partial charge on any atom is 0.420 e. The van der Waals surface area contributed by atoms with E-state index in [0.29, 0.717) is 29.2 Å². The first-order valence-corrected chi connectivity index (χ1v) is 11.4. The molecule has 0 aliphatic heterocycles. The van der Waals surface area contributed by atoms with Crippen molar-refractivity contribution < 1.29 is 9.53 Å². The quantitative estimate of drug-likeness (QED) is 0.372. The van der Waals surface area contributed by atoms with Gasteiger partial charge in [0.05, 0.1) is 5.56 Å². The normalized spacial score (nSPS) is 11.9. The molecular formula is C25H26N8O2. The molecule has 5 aromatic heterocycles. The van der Waals surface area contributed by atoms with Gasteiger partial charge in [-0.2, -0.15) is 0 Å². The first-order chi connectivity index (χ1) is 16.7. The number of aromatic nitrogens is 8. The minimum atomic E-state index is -0.605. The second-order valence-electron chi connectivity index (χ2n) is 9.35. The summed E-state index contributed by atoms with van der Waals surface area (Å²) in [6.45, 7) is 12.0. The van der Waals surface area contributed by atoms with Crippen LogP contribution in [0.15, 0.2) is 37.2 Å². The largest absolute Gasteiger partial charge is 0.443 e. The number of aryl methyl sites for hydroxylation is 3. The third kappa shape index (κ3) is 4.01. The number of hydrogen-bond donors (Lipinski definition) is 0. The molecule has 35 heavy (non-hydrogen) atoms. The number of ether oxygens (including phenoxy) is 1. The SMILES string of the molecule is CCn1c(-c2cnc(C)nc2)nc2c(-c3cnc4c(c3)c(C)cn4C(=O)OC(C)(C)C)ncnc21. The van der Waals surface area contributed by atoms with Crippen LogP contribution in [0.25, 0.3) is 44.8 Å². The molecule has 0 spiro atoms. The fraction of sp³-hybridized carbons (Fsp3) is 0.320. The van der Waals surface area contributed by atoms with E-state index in [4.69, 9.17) is 9.72 Å². The molecule has 0 amide bonds. The highest BCUT2D eigenvalue weighted by molar-refractivity contribution is 5.95. The van der Waals surface area contributed by atoms with Crippen molar-refractivity contribution in [3.8, 4) is 22.6 Å². The van der Waals surface area contributed by atoms with E-state index in [2.05, 4.69) is 24.9 Å². The minimum Gasteiger partial charge on any atom is -0.443 e. The van der Waals surface area contributed by atoms with Crippen LogP contribution in [0.1, 0.15) is 39.1 Å². The van der Waals surface area contributed by atoms with Crippen LogP contribution in [0.5, 0.6) is 0 Å². The van der Waals surface area contributed by atoms with Crippen LogP contribution in [0.2, 0.25) is 0 Å². The van der Waals surface area contributed by atoms with Crippen LogP contribution in [0.4, 0.5) is 4.79 Å². The first-order valence-electron chi connectivity index (χ1n) is 11.4. The van der Waals surface area contributed by atoms with Crippen LogP contribution in [0, 0.1) is 13.8 Å². The van der Waals surface area contributed by atoms with Crippen LogP contribution in [-0.2, 0) is 11.3 Å². The van der Waals surface area contributed by atoms with E-state index < -0.39 is 11.7 Å². The molecule has 0 radical (unpaired) electrons. The van der Waals surface area contributed by atoms with Gasteiger partial charge in [-0.05, 0) is 53.2 Å². The molecule has 0 aliphatic carbocycles. The standard InChI is InChI=1S/C25H26N8O2/c1-7-32-21(17-10-26-15(3)27-11-17)31-20-19(29-13-30-23(20)32)16-8-18-14(2)12-33(22(18)28-9-16)24(34)35-25(4,5)6/h8-13H,7H2,1-6H3. The van der Waals surface area contributed by atoms with Crippen molar-refractivity contribution in [1.82, 2.24) is 39.0 Å². The number of nitrogens with zero attached hydrogens (tertiary/aromatic N) is 8. The zero-order valence-electron chi connectivity index (χ0n) is 20.6. The zero-order valence-corrected chi connectivity index (χ0v) is 20.6. The molecule has 5 heterocycles. The molecule has 0 aromatic carbocycles. The highest BCUT2D eigenvalue weighted by atomic mass is 16.6. The van der Waals surface area contributed by atoms with Crippen molar-refractivity contribution in [1.29, 1.82) is 0 Å². The Balaban J connectivity index is 1.64. The van der Waals surface area contributed by atoms with Gasteiger partial charge in [0.1, 0.15) is 40.4 Å². The predicted molar refractivity (Wildman–Crippen MR) is 132 cm³/mol. The third-order valence-electron chi connectivity index (χ3n) is 5.59. The molecule has 10 heteroatoms. The molecule has 0 unspecified atom stereocenters. The number of imidazole rings is 1. The summed E-state index contributed by atoms with van der Waals surface area (Å²) < 4.78 is 9.00. The molecule has 0 N–H and O–H groups in total. The highest BCUT2D eigenvalue weighted by Gasteiger charge is 2.22. The molecule has 0 fully saturated rings. The van der Waals surface area contributed by atoms with E-state index in [9.17, 15) is 4.79 Å². The molecule has 10 nitrogen and oxygen atoms in total. The number of carbonyl (C=O) groups excluding carboxylic acids is 1. The lowest BCUT2D eigenvalue weighted by Gasteiger charge is -2.19. The molecule has 0 saturated carbocycles. The van der Waals surface area contributed by atoms with Gasteiger partial charge in [-0.3, -0.25) is 0 Å². The molecule has 0 atom stereocenters. The van der Waals surface area contributed by atoms with Crippen LogP contribution >= 0.6 is 0 Å². The number of carbonyl (C=O) groups is 1. The molecule has 0 bridgehead atoms. The lowest BCUT2D eigenvalue weighted by Crippen LogP contribution is -2.26. The third-order valence-corrected chi connectivity index (χ3v) is 5.59. The first kappa shape index (κ1) is 22.6. The Hall–Kier alpha value is -4.21. The molecule has 0 saturated heterocycles. The van der Waals surface area contributed by atoms with Crippen molar-refractivity contribution in [2.75, 3.05) is 0 Å². The number of rotatable bonds is 3. The summed E-state index contributed by atoms with van der Waals surface area (Å²) in [6.07, 6.45) is 8.03. The number of fused-ring (bicyclic) bond motifs is 2. The van der Waals surface area contributed by atoms with E-state index in [1.54, 1.807) is 24.8 Å². The van der Waals surface area contributed by atoms with Gasteiger partial charge in [-0.1, -0.05) is 0 Å². The van der Waals surface area contributed by atoms with Gasteiger partial charge in [-0.25, -0.2) is 39.3 Å². The Bertz CT molecular complexity index is 1580. The average molecular weight is 471 g/mol. The summed E-state index contributed by atoms with van der Waals surface area (Å²) in [5, 5.41) is 0.835. The molecule has 5 aromatic rings. The van der Waals surface area contributed by atoms with Crippen molar-refractivity contribution in [3.63, 3.8) is 0 Å². The summed E-state index contributed by atoms with van der Waals surface area (Å²) in [4.78, 5) is 39.9. The Labute approximate surface area is 202 Å². The van der Waals surface area contributed by atoms with E-state index in [-0.39, 0.29) is 0 Å². The summed E-state index contributed by atoms with van der Waals surface area (Å²) in [5.41, 5.74) is 4.46. The predicted octanol–water partition coefficient (Wildman–Crippen LogP) is 4.72. The monoisotopic (exact) mass is 470 g/mol. The fourth-order valence-electron chi connectivity index (χ4n) is 4.02. The van der Waals surface area contributed by atoms with E-state index in [1.807, 2.05) is 52.2 Å². The second-order valence-corrected chi connectivity index (χ2v) is 9.35. The maximum absolute atomic E-state index is 12.7. The van der Waals surface area contributed by atoms with Crippen LogP contribution < -0.4 is 0 Å².